The molecule has 13 heteroatoms. The first-order chi connectivity index (χ1) is 16.2. The molecule has 3 N–H and O–H groups in total. The molecule has 2 amide bonds. The number of amides is 2. The molecule has 4 atom stereocenters. The summed E-state index contributed by atoms with van der Waals surface area (Å²) in [5, 5.41) is 2.31. The zero-order chi connectivity index (χ0) is 26.3. The predicted molar refractivity (Wildman–Crippen MR) is 108 cm³/mol. The van der Waals surface area contributed by atoms with Crippen LogP contribution in [-0.4, -0.2) is 36.3 Å². The predicted octanol–water partition coefficient (Wildman–Crippen LogP) is 4.74. The van der Waals surface area contributed by atoms with Gasteiger partial charge in [-0.15, -0.1) is 0 Å². The highest BCUT2D eigenvalue weighted by molar-refractivity contribution is 5.97. The number of primary amides is 1. The molecule has 2 aromatic carbocycles. The molecule has 2 aromatic rings. The summed E-state index contributed by atoms with van der Waals surface area (Å²) in [7, 11) is 0. The Balaban J connectivity index is 2.07. The number of hydrogen-bond donors (Lipinski definition) is 2. The van der Waals surface area contributed by atoms with Gasteiger partial charge in [0.05, 0.1) is 0 Å². The number of benzene rings is 2. The van der Waals surface area contributed by atoms with Gasteiger partial charge >= 0.3 is 12.8 Å². The average Bonchev–Trinajstić information content (AvgIpc) is 3.04. The zero-order valence-electron chi connectivity index (χ0n) is 18.1. The minimum Gasteiger partial charge on any atom is -0.431 e. The van der Waals surface area contributed by atoms with Crippen molar-refractivity contribution in [3.8, 4) is 5.75 Å². The van der Waals surface area contributed by atoms with Crippen LogP contribution < -0.4 is 15.8 Å². The Morgan fingerprint density at radius 1 is 1.11 bits per heavy atom. The number of nitrogens with two attached hydrogens (primary N) is 1. The largest absolute Gasteiger partial charge is 0.431 e. The topological polar surface area (TPSA) is 90.6 Å². The Kier molecular flexibility index (Phi) is 7.02. The van der Waals surface area contributed by atoms with E-state index in [1.165, 1.54) is 24.3 Å². The van der Waals surface area contributed by atoms with Gasteiger partial charge in [-0.3, -0.25) is 9.59 Å². The number of alkyl halides is 5. The van der Waals surface area contributed by atoms with Gasteiger partial charge in [-0.05, 0) is 37.3 Å². The van der Waals surface area contributed by atoms with Crippen molar-refractivity contribution in [2.24, 2.45) is 11.7 Å². The van der Waals surface area contributed by atoms with Crippen LogP contribution in [0.1, 0.15) is 35.7 Å². The Bertz CT molecular complexity index is 1120. The molecular formula is C22H19F7N2O4. The number of ether oxygens (including phenoxy) is 2. The van der Waals surface area contributed by atoms with E-state index in [0.717, 1.165) is 13.0 Å². The van der Waals surface area contributed by atoms with E-state index in [4.69, 9.17) is 10.5 Å². The van der Waals surface area contributed by atoms with E-state index >= 15 is 0 Å². The van der Waals surface area contributed by atoms with Crippen LogP contribution in [0.2, 0.25) is 0 Å². The molecule has 0 spiro atoms. The summed E-state index contributed by atoms with van der Waals surface area (Å²) in [6, 6.07) is 6.28. The summed E-state index contributed by atoms with van der Waals surface area (Å²) in [6.45, 7) is -1.93. The monoisotopic (exact) mass is 508 g/mol. The molecule has 1 saturated heterocycles. The molecule has 0 aromatic heterocycles. The maximum atomic E-state index is 14.4. The molecule has 1 fully saturated rings. The highest BCUT2D eigenvalue weighted by Crippen LogP contribution is 2.55. The van der Waals surface area contributed by atoms with Crippen molar-refractivity contribution in [1.29, 1.82) is 0 Å². The Morgan fingerprint density at radius 3 is 2.23 bits per heavy atom. The third kappa shape index (κ3) is 4.90. The first-order valence-corrected chi connectivity index (χ1v) is 10.1. The van der Waals surface area contributed by atoms with Gasteiger partial charge in [0.2, 0.25) is 11.7 Å². The van der Waals surface area contributed by atoms with Gasteiger partial charge in [-0.1, -0.05) is 13.0 Å². The third-order valence-corrected chi connectivity index (χ3v) is 6.01. The van der Waals surface area contributed by atoms with Crippen LogP contribution in [0.25, 0.3) is 0 Å². The molecule has 0 aliphatic carbocycles. The van der Waals surface area contributed by atoms with Gasteiger partial charge in [0.15, 0.2) is 17.2 Å². The fourth-order valence-electron chi connectivity index (χ4n) is 3.97. The van der Waals surface area contributed by atoms with Gasteiger partial charge in [0.1, 0.15) is 6.10 Å². The van der Waals surface area contributed by atoms with Gasteiger partial charge in [0.25, 0.3) is 5.91 Å². The number of carbonyl (C=O) groups excluding carboxylic acids is 2. The summed E-state index contributed by atoms with van der Waals surface area (Å²) >= 11 is 0. The lowest BCUT2D eigenvalue weighted by Gasteiger charge is -2.32. The van der Waals surface area contributed by atoms with E-state index in [9.17, 15) is 40.3 Å². The van der Waals surface area contributed by atoms with Crippen LogP contribution in [0, 0.1) is 17.6 Å². The number of hydrogen-bond acceptors (Lipinski definition) is 4. The van der Waals surface area contributed by atoms with Crippen molar-refractivity contribution in [3.63, 3.8) is 0 Å². The maximum absolute atomic E-state index is 14.4. The first kappa shape index (κ1) is 26.3. The molecule has 0 unspecified atom stereocenters. The van der Waals surface area contributed by atoms with E-state index in [2.05, 4.69) is 10.1 Å². The normalized spacial score (nSPS) is 24.5. The minimum absolute atomic E-state index is 0.0463. The average molecular weight is 508 g/mol. The van der Waals surface area contributed by atoms with E-state index in [-0.39, 0.29) is 11.3 Å². The van der Waals surface area contributed by atoms with Gasteiger partial charge < -0.3 is 20.5 Å². The number of rotatable bonds is 6. The summed E-state index contributed by atoms with van der Waals surface area (Å²) in [4.78, 5) is 24.2. The molecule has 1 aliphatic heterocycles. The SMILES string of the molecule is C[C@@H]1[C@H](c2ccc(F)c(F)c2OC(F)F)[C@@H](C(=O)Nc2ccc(C(N)=O)cc2)O[C@]1(C)C(F)(F)F. The van der Waals surface area contributed by atoms with Crippen molar-refractivity contribution < 1.29 is 49.8 Å². The molecule has 0 bridgehead atoms. The second-order valence-electron chi connectivity index (χ2n) is 8.05. The van der Waals surface area contributed by atoms with Crippen molar-refractivity contribution >= 4 is 17.5 Å². The van der Waals surface area contributed by atoms with Crippen molar-refractivity contribution in [2.75, 3.05) is 5.32 Å². The van der Waals surface area contributed by atoms with Crippen LogP contribution in [0.3, 0.4) is 0 Å². The maximum Gasteiger partial charge on any atom is 0.417 e. The number of anilines is 1. The smallest absolute Gasteiger partial charge is 0.417 e. The number of nitrogens with one attached hydrogen (secondary N) is 1. The molecule has 0 saturated carbocycles. The number of carbonyl (C=O) groups is 2. The second kappa shape index (κ2) is 9.36. The molecule has 1 aliphatic rings. The third-order valence-electron chi connectivity index (χ3n) is 6.01. The van der Waals surface area contributed by atoms with E-state index in [1.54, 1.807) is 0 Å². The van der Waals surface area contributed by atoms with Crippen LogP contribution in [0.5, 0.6) is 5.75 Å². The molecular weight excluding hydrogens is 489 g/mol. The molecule has 6 nitrogen and oxygen atoms in total. The molecule has 1 heterocycles. The standard InChI is InChI=1S/C22H19F7N2O4/c1-9-14(12-7-8-13(23)15(24)16(12)34-20(25)26)17(35-21(9,2)22(27,28)29)19(33)31-11-5-3-10(4-6-11)18(30)32/h3-9,14,17,20H,1-2H3,(H2,30,32)(H,31,33)/t9-,14-,17+,21+/m1/s1. The lowest BCUT2D eigenvalue weighted by molar-refractivity contribution is -0.272. The number of halogens is 7. The quantitative estimate of drug-likeness (QED) is 0.552. The van der Waals surface area contributed by atoms with E-state index < -0.39 is 71.1 Å². The van der Waals surface area contributed by atoms with Gasteiger partial charge in [-0.2, -0.15) is 26.3 Å². The fourth-order valence-corrected chi connectivity index (χ4v) is 3.97. The van der Waals surface area contributed by atoms with Crippen LogP contribution in [0.4, 0.5) is 36.4 Å². The van der Waals surface area contributed by atoms with Crippen molar-refractivity contribution in [3.05, 3.63) is 59.2 Å². The molecule has 3 rings (SSSR count). The van der Waals surface area contributed by atoms with E-state index in [0.29, 0.717) is 13.0 Å². The Hall–Kier alpha value is -3.35. The molecule has 0 radical (unpaired) electrons. The lowest BCUT2D eigenvalue weighted by atomic mass is 9.77. The van der Waals surface area contributed by atoms with Gasteiger partial charge in [0, 0.05) is 28.7 Å². The van der Waals surface area contributed by atoms with Crippen LogP contribution in [-0.2, 0) is 9.53 Å². The summed E-state index contributed by atoms with van der Waals surface area (Å²) in [5.74, 6) is -9.94. The highest BCUT2D eigenvalue weighted by Gasteiger charge is 2.66. The Morgan fingerprint density at radius 2 is 1.71 bits per heavy atom. The van der Waals surface area contributed by atoms with E-state index in [1.807, 2.05) is 0 Å². The summed E-state index contributed by atoms with van der Waals surface area (Å²) in [6.07, 6.45) is -7.00. The fraction of sp³-hybridized carbons (Fsp3) is 0.364. The first-order valence-electron chi connectivity index (χ1n) is 10.1. The molecule has 190 valence electrons. The summed E-state index contributed by atoms with van der Waals surface area (Å²) < 4.78 is 105. The summed E-state index contributed by atoms with van der Waals surface area (Å²) in [5.41, 5.74) is 1.71. The lowest BCUT2D eigenvalue weighted by Crippen LogP contribution is -2.47. The van der Waals surface area contributed by atoms with Crippen LogP contribution in [0.15, 0.2) is 36.4 Å². The minimum atomic E-state index is -5.02. The highest BCUT2D eigenvalue weighted by atomic mass is 19.4. The second-order valence-corrected chi connectivity index (χ2v) is 8.05. The van der Waals surface area contributed by atoms with Crippen molar-refractivity contribution in [2.45, 2.75) is 44.3 Å². The van der Waals surface area contributed by atoms with Crippen LogP contribution >= 0.6 is 0 Å². The zero-order valence-corrected chi connectivity index (χ0v) is 18.1. The van der Waals surface area contributed by atoms with Gasteiger partial charge in [-0.25, -0.2) is 4.39 Å². The van der Waals surface area contributed by atoms with Crippen molar-refractivity contribution in [1.82, 2.24) is 0 Å². The molecule has 35 heavy (non-hydrogen) atoms. The Labute approximate surface area is 194 Å².